The minimum absolute atomic E-state index is 0.0607. The molecule has 0 aliphatic carbocycles. The molecular formula is C17H15F2N3O6. The van der Waals surface area contributed by atoms with Gasteiger partial charge in [0, 0.05) is 18.2 Å². The molecule has 2 aliphatic rings. The first kappa shape index (κ1) is 18.3. The monoisotopic (exact) mass is 395 g/mol. The van der Waals surface area contributed by atoms with E-state index >= 15 is 0 Å². The number of carbonyl (C=O) groups is 1. The zero-order valence-corrected chi connectivity index (χ0v) is 14.3. The number of nitrogens with one attached hydrogen (secondary N) is 1. The molecule has 148 valence electrons. The van der Waals surface area contributed by atoms with Crippen LogP contribution in [0.15, 0.2) is 35.3 Å². The number of halogens is 2. The van der Waals surface area contributed by atoms with Gasteiger partial charge in [-0.15, -0.1) is 0 Å². The van der Waals surface area contributed by atoms with Crippen molar-refractivity contribution in [1.29, 1.82) is 0 Å². The van der Waals surface area contributed by atoms with Gasteiger partial charge in [-0.25, -0.2) is 13.6 Å². The summed E-state index contributed by atoms with van der Waals surface area (Å²) in [5.41, 5.74) is -0.779. The van der Waals surface area contributed by atoms with Crippen LogP contribution in [0.5, 0.6) is 11.5 Å². The number of aromatic nitrogens is 2. The van der Waals surface area contributed by atoms with Crippen LogP contribution < -0.4 is 20.5 Å². The number of fused-ring (bicyclic) bond motifs is 1. The fraction of sp³-hybridized carbons (Fsp3) is 0.353. The van der Waals surface area contributed by atoms with Gasteiger partial charge in [-0.1, -0.05) is 0 Å². The van der Waals surface area contributed by atoms with E-state index in [0.29, 0.717) is 16.1 Å². The highest BCUT2D eigenvalue weighted by Gasteiger charge is 2.51. The lowest BCUT2D eigenvalue weighted by molar-refractivity contribution is -0.120. The maximum atomic E-state index is 14.0. The first-order chi connectivity index (χ1) is 13.4. The third kappa shape index (κ3) is 3.29. The van der Waals surface area contributed by atoms with Gasteiger partial charge in [0.05, 0.1) is 12.7 Å². The van der Waals surface area contributed by atoms with Crippen LogP contribution in [0.3, 0.4) is 0 Å². The molecule has 1 amide bonds. The number of nitrogens with zero attached hydrogens (tertiary/aromatic N) is 2. The van der Waals surface area contributed by atoms with Gasteiger partial charge >= 0.3 is 5.69 Å². The van der Waals surface area contributed by atoms with E-state index in [0.717, 1.165) is 6.20 Å². The third-order valence-electron chi connectivity index (χ3n) is 4.35. The summed E-state index contributed by atoms with van der Waals surface area (Å²) in [6.45, 7) is -0.525. The van der Waals surface area contributed by atoms with Crippen LogP contribution in [0, 0.1) is 0 Å². The Morgan fingerprint density at radius 2 is 2.11 bits per heavy atom. The van der Waals surface area contributed by atoms with E-state index < -0.39 is 42.9 Å². The van der Waals surface area contributed by atoms with Gasteiger partial charge in [0.2, 0.25) is 13.0 Å². The molecule has 1 aromatic carbocycles. The van der Waals surface area contributed by atoms with Crippen molar-refractivity contribution in [3.63, 3.8) is 0 Å². The summed E-state index contributed by atoms with van der Waals surface area (Å²) in [5.74, 6) is -3.09. The lowest BCUT2D eigenvalue weighted by Gasteiger charge is -2.19. The topological polar surface area (TPSA) is 112 Å². The number of amides is 1. The Kier molecular flexibility index (Phi) is 4.47. The Bertz CT molecular complexity index is 980. The predicted octanol–water partition coefficient (Wildman–Crippen LogP) is 1.14. The van der Waals surface area contributed by atoms with Crippen LogP contribution >= 0.6 is 0 Å². The summed E-state index contributed by atoms with van der Waals surface area (Å²) in [4.78, 5) is 28.1. The number of ether oxygens (including phenoxy) is 3. The summed E-state index contributed by atoms with van der Waals surface area (Å²) < 4.78 is 44.1. The number of aliphatic hydroxyl groups excluding tert-OH is 1. The van der Waals surface area contributed by atoms with Crippen molar-refractivity contribution in [2.24, 2.45) is 0 Å². The molecule has 0 saturated carbocycles. The fourth-order valence-electron chi connectivity index (χ4n) is 3.00. The Labute approximate surface area is 156 Å². The second kappa shape index (κ2) is 6.84. The number of hydrogen-bond acceptors (Lipinski definition) is 7. The Morgan fingerprint density at radius 3 is 2.82 bits per heavy atom. The van der Waals surface area contributed by atoms with Crippen LogP contribution in [0.1, 0.15) is 23.0 Å². The van der Waals surface area contributed by atoms with Crippen LogP contribution in [0.2, 0.25) is 0 Å². The number of carbonyl (C=O) groups excluding carboxylic acids is 1. The largest absolute Gasteiger partial charge is 0.454 e. The fourth-order valence-corrected chi connectivity index (χ4v) is 3.00. The number of aliphatic hydroxyl groups is 1. The van der Waals surface area contributed by atoms with E-state index in [4.69, 9.17) is 19.3 Å². The van der Waals surface area contributed by atoms with E-state index in [1.165, 1.54) is 18.2 Å². The molecule has 11 heteroatoms. The lowest BCUT2D eigenvalue weighted by atomic mass is 10.2. The number of rotatable bonds is 4. The average Bonchev–Trinajstić information content (AvgIpc) is 3.24. The standard InChI is InChI=1S/C17H15F2N3O6/c18-17(19)6-10(7-23)28-15(17)22-4-3-13(21-16(22)25)20-14(24)9-1-2-11-12(5-9)27-8-26-11/h1-5,10,15,23H,6-8H2,(H,20,21,24,25)/t10-,15+/m0/s1. The van der Waals surface area contributed by atoms with Crippen LogP contribution in [0.25, 0.3) is 0 Å². The molecule has 0 unspecified atom stereocenters. The van der Waals surface area contributed by atoms with E-state index in [9.17, 15) is 18.4 Å². The van der Waals surface area contributed by atoms with Gasteiger partial charge in [-0.05, 0) is 24.3 Å². The Balaban J connectivity index is 1.52. The Morgan fingerprint density at radius 1 is 1.32 bits per heavy atom. The molecule has 9 nitrogen and oxygen atoms in total. The maximum absolute atomic E-state index is 14.0. The highest BCUT2D eigenvalue weighted by atomic mass is 19.3. The third-order valence-corrected chi connectivity index (χ3v) is 4.35. The average molecular weight is 395 g/mol. The molecule has 2 aromatic rings. The SMILES string of the molecule is O=C(Nc1ccn([C@@H]2O[C@H](CO)CC2(F)F)c(=O)n1)c1ccc2c(c1)OCO2. The summed E-state index contributed by atoms with van der Waals surface area (Å²) in [5, 5.41) is 11.4. The summed E-state index contributed by atoms with van der Waals surface area (Å²) in [6, 6.07) is 5.75. The zero-order chi connectivity index (χ0) is 19.9. The molecule has 2 N–H and O–H groups in total. The molecule has 1 aromatic heterocycles. The van der Waals surface area contributed by atoms with Crippen LogP contribution in [0.4, 0.5) is 14.6 Å². The minimum Gasteiger partial charge on any atom is -0.454 e. The highest BCUT2D eigenvalue weighted by Crippen LogP contribution is 2.41. The molecule has 1 saturated heterocycles. The van der Waals surface area contributed by atoms with Gasteiger partial charge < -0.3 is 24.6 Å². The van der Waals surface area contributed by atoms with Crippen LogP contribution in [-0.4, -0.2) is 46.0 Å². The molecule has 2 atom stereocenters. The van der Waals surface area contributed by atoms with Crippen molar-refractivity contribution in [2.45, 2.75) is 24.7 Å². The molecule has 0 spiro atoms. The molecule has 4 rings (SSSR count). The first-order valence-electron chi connectivity index (χ1n) is 8.32. The first-order valence-corrected chi connectivity index (χ1v) is 8.32. The molecule has 0 radical (unpaired) electrons. The molecule has 3 heterocycles. The number of hydrogen-bond donors (Lipinski definition) is 2. The van der Waals surface area contributed by atoms with Crippen molar-refractivity contribution in [3.05, 3.63) is 46.5 Å². The van der Waals surface area contributed by atoms with Crippen molar-refractivity contribution in [3.8, 4) is 11.5 Å². The van der Waals surface area contributed by atoms with Crippen LogP contribution in [-0.2, 0) is 4.74 Å². The van der Waals surface area contributed by atoms with E-state index in [1.54, 1.807) is 6.07 Å². The summed E-state index contributed by atoms with van der Waals surface area (Å²) in [6.07, 6.45) is -2.59. The minimum atomic E-state index is -3.34. The summed E-state index contributed by atoms with van der Waals surface area (Å²) in [7, 11) is 0. The van der Waals surface area contributed by atoms with Gasteiger partial charge in [0.25, 0.3) is 11.8 Å². The van der Waals surface area contributed by atoms with Gasteiger partial charge in [0.15, 0.2) is 11.5 Å². The van der Waals surface area contributed by atoms with Gasteiger partial charge in [0.1, 0.15) is 5.82 Å². The zero-order valence-electron chi connectivity index (χ0n) is 14.3. The number of alkyl halides is 2. The van der Waals surface area contributed by atoms with Crippen molar-refractivity contribution in [2.75, 3.05) is 18.7 Å². The second-order valence-corrected chi connectivity index (χ2v) is 6.28. The van der Waals surface area contributed by atoms with Gasteiger partial charge in [-0.2, -0.15) is 4.98 Å². The van der Waals surface area contributed by atoms with E-state index in [1.807, 2.05) is 0 Å². The molecule has 0 bridgehead atoms. The second-order valence-electron chi connectivity index (χ2n) is 6.28. The van der Waals surface area contributed by atoms with E-state index in [-0.39, 0.29) is 18.2 Å². The van der Waals surface area contributed by atoms with Crippen molar-refractivity contribution < 1.29 is 32.9 Å². The van der Waals surface area contributed by atoms with Crippen molar-refractivity contribution in [1.82, 2.24) is 9.55 Å². The number of benzene rings is 1. The maximum Gasteiger partial charge on any atom is 0.351 e. The molecular weight excluding hydrogens is 380 g/mol. The Hall–Kier alpha value is -3.05. The smallest absolute Gasteiger partial charge is 0.351 e. The normalized spacial score (nSPS) is 22.2. The molecule has 1 fully saturated rings. The van der Waals surface area contributed by atoms with Crippen molar-refractivity contribution >= 4 is 11.7 Å². The predicted molar refractivity (Wildman–Crippen MR) is 89.6 cm³/mol. The lowest BCUT2D eigenvalue weighted by Crippen LogP contribution is -2.35. The van der Waals surface area contributed by atoms with Gasteiger partial charge in [-0.3, -0.25) is 9.36 Å². The summed E-state index contributed by atoms with van der Waals surface area (Å²) >= 11 is 0. The molecule has 28 heavy (non-hydrogen) atoms. The highest BCUT2D eigenvalue weighted by molar-refractivity contribution is 6.04. The number of anilines is 1. The quantitative estimate of drug-likeness (QED) is 0.798. The van der Waals surface area contributed by atoms with E-state index in [2.05, 4.69) is 10.3 Å². The molecule has 2 aliphatic heterocycles.